The summed E-state index contributed by atoms with van der Waals surface area (Å²) in [5.74, 6) is 0.912. The van der Waals surface area contributed by atoms with Gasteiger partial charge in [-0.05, 0) is 30.5 Å². The maximum Gasteiger partial charge on any atom is 0.224 e. The molecule has 1 atom stereocenters. The van der Waals surface area contributed by atoms with Crippen LogP contribution < -0.4 is 5.32 Å². The maximum absolute atomic E-state index is 12.9. The SMILES string of the molecule is CC(=O)N[C@H](CC(=O)N1CCC(c2nc3ccccc3o2)CC1)c1ccccc1. The molecule has 2 heterocycles. The number of piperidine rings is 1. The van der Waals surface area contributed by atoms with E-state index in [-0.39, 0.29) is 30.2 Å². The van der Waals surface area contributed by atoms with Crippen molar-refractivity contribution in [2.45, 2.75) is 38.1 Å². The molecular formula is C23H25N3O3. The Kier molecular flexibility index (Phi) is 5.60. The second-order valence-corrected chi connectivity index (χ2v) is 7.54. The van der Waals surface area contributed by atoms with Gasteiger partial charge < -0.3 is 14.6 Å². The summed E-state index contributed by atoms with van der Waals surface area (Å²) >= 11 is 0. The second kappa shape index (κ2) is 8.47. The fourth-order valence-electron chi connectivity index (χ4n) is 3.93. The van der Waals surface area contributed by atoms with E-state index in [4.69, 9.17) is 4.42 Å². The Morgan fingerprint density at radius 1 is 1.10 bits per heavy atom. The number of likely N-dealkylation sites (tertiary alicyclic amines) is 1. The first-order chi connectivity index (χ1) is 14.1. The Hall–Kier alpha value is -3.15. The Morgan fingerprint density at radius 3 is 2.48 bits per heavy atom. The topological polar surface area (TPSA) is 75.4 Å². The number of oxazole rings is 1. The van der Waals surface area contributed by atoms with Gasteiger partial charge in [-0.1, -0.05) is 42.5 Å². The highest BCUT2D eigenvalue weighted by Gasteiger charge is 2.28. The van der Waals surface area contributed by atoms with Crippen molar-refractivity contribution in [3.8, 4) is 0 Å². The molecule has 150 valence electrons. The average Bonchev–Trinajstić information content (AvgIpc) is 3.18. The van der Waals surface area contributed by atoms with Gasteiger partial charge in [0.25, 0.3) is 0 Å². The van der Waals surface area contributed by atoms with Crippen LogP contribution in [0.5, 0.6) is 0 Å². The molecule has 1 N–H and O–H groups in total. The highest BCUT2D eigenvalue weighted by atomic mass is 16.3. The van der Waals surface area contributed by atoms with Crippen molar-refractivity contribution in [1.29, 1.82) is 0 Å². The number of para-hydroxylation sites is 2. The van der Waals surface area contributed by atoms with Crippen molar-refractivity contribution >= 4 is 22.9 Å². The predicted octanol–water partition coefficient (Wildman–Crippen LogP) is 3.80. The lowest BCUT2D eigenvalue weighted by atomic mass is 9.95. The molecule has 0 bridgehead atoms. The number of hydrogen-bond acceptors (Lipinski definition) is 4. The highest BCUT2D eigenvalue weighted by Crippen LogP contribution is 2.30. The zero-order chi connectivity index (χ0) is 20.2. The molecule has 29 heavy (non-hydrogen) atoms. The summed E-state index contributed by atoms with van der Waals surface area (Å²) in [7, 11) is 0. The number of nitrogens with one attached hydrogen (secondary N) is 1. The summed E-state index contributed by atoms with van der Waals surface area (Å²) in [5, 5.41) is 2.90. The Bertz CT molecular complexity index is 958. The van der Waals surface area contributed by atoms with Crippen LogP contribution in [0.25, 0.3) is 11.1 Å². The number of rotatable bonds is 5. The van der Waals surface area contributed by atoms with Gasteiger partial charge in [-0.3, -0.25) is 9.59 Å². The lowest BCUT2D eigenvalue weighted by Crippen LogP contribution is -2.40. The lowest BCUT2D eigenvalue weighted by molar-refractivity contribution is -0.133. The predicted molar refractivity (Wildman–Crippen MR) is 110 cm³/mol. The van der Waals surface area contributed by atoms with E-state index in [0.717, 1.165) is 35.4 Å². The molecule has 3 aromatic rings. The molecule has 1 aliphatic heterocycles. The van der Waals surface area contributed by atoms with E-state index in [2.05, 4.69) is 10.3 Å². The molecule has 1 saturated heterocycles. The van der Waals surface area contributed by atoms with Crippen molar-refractivity contribution < 1.29 is 14.0 Å². The van der Waals surface area contributed by atoms with Crippen LogP contribution >= 0.6 is 0 Å². The van der Waals surface area contributed by atoms with Gasteiger partial charge in [-0.2, -0.15) is 0 Å². The molecular weight excluding hydrogens is 366 g/mol. The molecule has 0 saturated carbocycles. The van der Waals surface area contributed by atoms with Gasteiger partial charge in [-0.15, -0.1) is 0 Å². The summed E-state index contributed by atoms with van der Waals surface area (Å²) in [4.78, 5) is 31.0. The van der Waals surface area contributed by atoms with E-state index in [9.17, 15) is 9.59 Å². The third-order valence-electron chi connectivity index (χ3n) is 5.47. The normalized spacial score (nSPS) is 16.0. The lowest BCUT2D eigenvalue weighted by Gasteiger charge is -2.32. The number of carbonyl (C=O) groups is 2. The molecule has 2 aromatic carbocycles. The fourth-order valence-corrected chi connectivity index (χ4v) is 3.93. The van der Waals surface area contributed by atoms with Gasteiger partial charge in [0.15, 0.2) is 11.5 Å². The number of hydrogen-bond donors (Lipinski definition) is 1. The summed E-state index contributed by atoms with van der Waals surface area (Å²) < 4.78 is 5.91. The standard InChI is InChI=1S/C23H25N3O3/c1-16(27)24-20(17-7-3-2-4-8-17)15-22(28)26-13-11-18(12-14-26)23-25-19-9-5-6-10-21(19)29-23/h2-10,18,20H,11-15H2,1H3,(H,24,27)/t20-/m1/s1. The van der Waals surface area contributed by atoms with E-state index in [0.29, 0.717) is 13.1 Å². The van der Waals surface area contributed by atoms with Crippen LogP contribution in [0, 0.1) is 0 Å². The largest absolute Gasteiger partial charge is 0.440 e. The summed E-state index contributed by atoms with van der Waals surface area (Å²) in [5.41, 5.74) is 2.63. The summed E-state index contributed by atoms with van der Waals surface area (Å²) in [6, 6.07) is 17.1. The van der Waals surface area contributed by atoms with Crippen LogP contribution in [0.1, 0.15) is 49.6 Å². The molecule has 0 radical (unpaired) electrons. The van der Waals surface area contributed by atoms with Crippen molar-refractivity contribution in [3.63, 3.8) is 0 Å². The quantitative estimate of drug-likeness (QED) is 0.718. The molecule has 4 rings (SSSR count). The van der Waals surface area contributed by atoms with Gasteiger partial charge in [0, 0.05) is 25.9 Å². The molecule has 0 unspecified atom stereocenters. The van der Waals surface area contributed by atoms with Gasteiger partial charge >= 0.3 is 0 Å². The van der Waals surface area contributed by atoms with Crippen molar-refractivity contribution in [1.82, 2.24) is 15.2 Å². The molecule has 0 spiro atoms. The number of carbonyl (C=O) groups excluding carboxylic acids is 2. The van der Waals surface area contributed by atoms with E-state index in [1.807, 2.05) is 59.5 Å². The van der Waals surface area contributed by atoms with E-state index < -0.39 is 0 Å². The van der Waals surface area contributed by atoms with E-state index in [1.165, 1.54) is 6.92 Å². The molecule has 1 aliphatic rings. The van der Waals surface area contributed by atoms with Gasteiger partial charge in [0.2, 0.25) is 11.8 Å². The molecule has 2 amide bonds. The first-order valence-corrected chi connectivity index (χ1v) is 10.1. The van der Waals surface area contributed by atoms with Crippen LogP contribution in [-0.4, -0.2) is 34.8 Å². The smallest absolute Gasteiger partial charge is 0.224 e. The number of amides is 2. The van der Waals surface area contributed by atoms with Crippen LogP contribution in [0.3, 0.4) is 0 Å². The van der Waals surface area contributed by atoms with Crippen molar-refractivity contribution in [2.24, 2.45) is 0 Å². The van der Waals surface area contributed by atoms with E-state index in [1.54, 1.807) is 0 Å². The van der Waals surface area contributed by atoms with Gasteiger partial charge in [0.1, 0.15) is 5.52 Å². The van der Waals surface area contributed by atoms with Crippen LogP contribution in [-0.2, 0) is 9.59 Å². The molecule has 6 nitrogen and oxygen atoms in total. The minimum atomic E-state index is -0.309. The zero-order valence-electron chi connectivity index (χ0n) is 16.5. The Morgan fingerprint density at radius 2 is 1.79 bits per heavy atom. The average molecular weight is 391 g/mol. The second-order valence-electron chi connectivity index (χ2n) is 7.54. The highest BCUT2D eigenvalue weighted by molar-refractivity contribution is 5.79. The third kappa shape index (κ3) is 4.47. The van der Waals surface area contributed by atoms with Crippen LogP contribution in [0.2, 0.25) is 0 Å². The minimum absolute atomic E-state index is 0.0589. The number of aromatic nitrogens is 1. The van der Waals surface area contributed by atoms with Crippen molar-refractivity contribution in [3.05, 3.63) is 66.1 Å². The molecule has 0 aliphatic carbocycles. The Balaban J connectivity index is 1.38. The number of nitrogens with zero attached hydrogens (tertiary/aromatic N) is 2. The summed E-state index contributed by atoms with van der Waals surface area (Å²) in [6.45, 7) is 2.82. The van der Waals surface area contributed by atoms with Gasteiger partial charge in [-0.25, -0.2) is 4.98 Å². The summed E-state index contributed by atoms with van der Waals surface area (Å²) in [6.07, 6.45) is 1.92. The minimum Gasteiger partial charge on any atom is -0.440 e. The zero-order valence-corrected chi connectivity index (χ0v) is 16.5. The van der Waals surface area contributed by atoms with Crippen LogP contribution in [0.15, 0.2) is 59.0 Å². The molecule has 6 heteroatoms. The molecule has 1 fully saturated rings. The van der Waals surface area contributed by atoms with E-state index >= 15 is 0 Å². The van der Waals surface area contributed by atoms with Crippen molar-refractivity contribution in [2.75, 3.05) is 13.1 Å². The number of benzene rings is 2. The fraction of sp³-hybridized carbons (Fsp3) is 0.348. The third-order valence-corrected chi connectivity index (χ3v) is 5.47. The number of fused-ring (bicyclic) bond motifs is 1. The van der Waals surface area contributed by atoms with Gasteiger partial charge in [0.05, 0.1) is 12.5 Å². The van der Waals surface area contributed by atoms with Crippen LogP contribution in [0.4, 0.5) is 0 Å². The first-order valence-electron chi connectivity index (χ1n) is 10.1. The maximum atomic E-state index is 12.9. The monoisotopic (exact) mass is 391 g/mol. The Labute approximate surface area is 169 Å². The molecule has 1 aromatic heterocycles. The first kappa shape index (κ1) is 19.2.